The summed E-state index contributed by atoms with van der Waals surface area (Å²) in [5, 5.41) is 5.94. The molecule has 0 bridgehead atoms. The molecule has 0 aliphatic carbocycles. The Hall–Kier alpha value is -2.28. The first-order valence-corrected chi connectivity index (χ1v) is 9.55. The van der Waals surface area contributed by atoms with Crippen molar-refractivity contribution in [3.8, 4) is 11.5 Å². The normalized spacial score (nSPS) is 15.4. The maximum Gasteiger partial charge on any atom is 0.275 e. The number of nitrogens with one attached hydrogen (secondary N) is 3. The molecule has 1 aromatic rings. The van der Waals surface area contributed by atoms with Crippen molar-refractivity contribution >= 4 is 11.8 Å². The smallest absolute Gasteiger partial charge is 0.275 e. The highest BCUT2D eigenvalue weighted by Gasteiger charge is 2.23. The molecule has 2 atom stereocenters. The van der Waals surface area contributed by atoms with Crippen LogP contribution in [0, 0.1) is 5.92 Å². The molecule has 2 rings (SSSR count). The minimum atomic E-state index is -0.134. The number of likely N-dealkylation sites (N-methyl/N-ethyl adjacent to an activating group) is 1. The van der Waals surface area contributed by atoms with Crippen LogP contribution in [-0.4, -0.2) is 51.2 Å². The van der Waals surface area contributed by atoms with Crippen LogP contribution < -0.4 is 25.0 Å². The minimum absolute atomic E-state index is 0.0532. The van der Waals surface area contributed by atoms with Gasteiger partial charge in [0.2, 0.25) is 0 Å². The molecule has 0 spiro atoms. The number of carbonyl (C=O) groups is 2. The van der Waals surface area contributed by atoms with Crippen molar-refractivity contribution in [2.45, 2.75) is 39.8 Å². The molecule has 0 radical (unpaired) electrons. The second-order valence-electron chi connectivity index (χ2n) is 7.73. The van der Waals surface area contributed by atoms with E-state index in [0.29, 0.717) is 19.0 Å². The van der Waals surface area contributed by atoms with Crippen LogP contribution in [0.3, 0.4) is 0 Å². The zero-order valence-electron chi connectivity index (χ0n) is 16.9. The molecule has 3 N–H and O–H groups in total. The average Bonchev–Trinajstić information content (AvgIpc) is 2.58. The van der Waals surface area contributed by atoms with Crippen molar-refractivity contribution < 1.29 is 24.0 Å². The van der Waals surface area contributed by atoms with E-state index < -0.39 is 0 Å². The summed E-state index contributed by atoms with van der Waals surface area (Å²) in [5.41, 5.74) is 0.984. The van der Waals surface area contributed by atoms with Crippen LogP contribution in [0.5, 0.6) is 11.5 Å². The highest BCUT2D eigenvalue weighted by atomic mass is 16.6. The van der Waals surface area contributed by atoms with E-state index in [4.69, 9.17) is 9.47 Å². The molecule has 0 fully saturated rings. The number of ether oxygens (including phenoxy) is 2. The molecule has 27 heavy (non-hydrogen) atoms. The van der Waals surface area contributed by atoms with Crippen molar-refractivity contribution in [1.82, 2.24) is 10.6 Å². The first-order chi connectivity index (χ1) is 12.8. The Morgan fingerprint density at radius 2 is 1.59 bits per heavy atom. The van der Waals surface area contributed by atoms with Gasteiger partial charge in [-0.25, -0.2) is 0 Å². The van der Waals surface area contributed by atoms with Gasteiger partial charge in [0, 0.05) is 6.04 Å². The van der Waals surface area contributed by atoms with Crippen molar-refractivity contribution in [2.75, 3.05) is 33.4 Å². The summed E-state index contributed by atoms with van der Waals surface area (Å²) >= 11 is 0. The molecular formula is C20H32N3O4+. The highest BCUT2D eigenvalue weighted by Crippen LogP contribution is 2.34. The third kappa shape index (κ3) is 6.43. The molecule has 1 unspecified atom stereocenters. The van der Waals surface area contributed by atoms with Gasteiger partial charge in [-0.3, -0.25) is 9.59 Å². The van der Waals surface area contributed by atoms with Gasteiger partial charge in [0.25, 0.3) is 11.8 Å². The zero-order valence-corrected chi connectivity index (χ0v) is 16.9. The molecule has 7 nitrogen and oxygen atoms in total. The summed E-state index contributed by atoms with van der Waals surface area (Å²) in [5.74, 6) is 1.52. The molecule has 0 saturated heterocycles. The SMILES string of the molecule is CC(C)NC(=O)C[NH+](C)CC(=O)N[C@H](c1ccc2c(c1)OCCO2)C(C)C. The molecule has 150 valence electrons. The Balaban J connectivity index is 1.97. The Kier molecular flexibility index (Phi) is 7.47. The second-order valence-corrected chi connectivity index (χ2v) is 7.73. The van der Waals surface area contributed by atoms with E-state index in [1.807, 2.05) is 39.1 Å². The molecule has 0 aromatic heterocycles. The van der Waals surface area contributed by atoms with Crippen molar-refractivity contribution in [1.29, 1.82) is 0 Å². The lowest BCUT2D eigenvalue weighted by Crippen LogP contribution is -3.11. The number of hydrogen-bond acceptors (Lipinski definition) is 4. The van der Waals surface area contributed by atoms with Crippen LogP contribution in [0.25, 0.3) is 0 Å². The van der Waals surface area contributed by atoms with Gasteiger partial charge in [0.15, 0.2) is 24.6 Å². The third-order valence-corrected chi connectivity index (χ3v) is 4.28. The predicted molar refractivity (Wildman–Crippen MR) is 103 cm³/mol. The number of rotatable bonds is 8. The average molecular weight is 378 g/mol. The first kappa shape index (κ1) is 21.0. The number of hydrogen-bond donors (Lipinski definition) is 3. The first-order valence-electron chi connectivity index (χ1n) is 9.55. The summed E-state index contributed by atoms with van der Waals surface area (Å²) in [4.78, 5) is 25.2. The van der Waals surface area contributed by atoms with Gasteiger partial charge in [-0.05, 0) is 37.5 Å². The number of quaternary nitrogens is 1. The number of fused-ring (bicyclic) bond motifs is 1. The van der Waals surface area contributed by atoms with E-state index in [9.17, 15) is 9.59 Å². The molecule has 1 heterocycles. The Morgan fingerprint density at radius 3 is 2.19 bits per heavy atom. The van der Waals surface area contributed by atoms with Crippen molar-refractivity contribution in [3.05, 3.63) is 23.8 Å². The third-order valence-electron chi connectivity index (χ3n) is 4.28. The zero-order chi connectivity index (χ0) is 20.0. The summed E-state index contributed by atoms with van der Waals surface area (Å²) in [6, 6.07) is 5.75. The lowest BCUT2D eigenvalue weighted by atomic mass is 9.95. The van der Waals surface area contributed by atoms with E-state index in [1.165, 1.54) is 0 Å². The van der Waals surface area contributed by atoms with E-state index in [0.717, 1.165) is 16.2 Å². The topological polar surface area (TPSA) is 81.1 Å². The summed E-state index contributed by atoms with van der Waals surface area (Å²) < 4.78 is 11.2. The minimum Gasteiger partial charge on any atom is -0.486 e. The van der Waals surface area contributed by atoms with Crippen molar-refractivity contribution in [3.63, 3.8) is 0 Å². The molecule has 1 aliphatic heterocycles. The fourth-order valence-corrected chi connectivity index (χ4v) is 3.10. The van der Waals surface area contributed by atoms with Crippen LogP contribution in [0.1, 0.15) is 39.3 Å². The lowest BCUT2D eigenvalue weighted by Gasteiger charge is -2.26. The standard InChI is InChI=1S/C20H31N3O4/c1-13(2)20(15-6-7-16-17(10-15)27-9-8-26-16)22-19(25)12-23(5)11-18(24)21-14(3)4/h6-7,10,13-14,20H,8-9,11-12H2,1-5H3,(H,21,24)(H,22,25)/p+1/t20-/m0/s1. The fraction of sp³-hybridized carbons (Fsp3) is 0.600. The summed E-state index contributed by atoms with van der Waals surface area (Å²) in [6.07, 6.45) is 0. The summed E-state index contributed by atoms with van der Waals surface area (Å²) in [6.45, 7) is 9.54. The Labute approximate surface area is 161 Å². The van der Waals surface area contributed by atoms with E-state index in [2.05, 4.69) is 24.5 Å². The van der Waals surface area contributed by atoms with Gasteiger partial charge in [0.05, 0.1) is 13.1 Å². The van der Waals surface area contributed by atoms with Crippen molar-refractivity contribution in [2.24, 2.45) is 5.92 Å². The number of carbonyl (C=O) groups excluding carboxylic acids is 2. The van der Waals surface area contributed by atoms with Crippen LogP contribution >= 0.6 is 0 Å². The van der Waals surface area contributed by atoms with Gasteiger partial charge in [-0.15, -0.1) is 0 Å². The van der Waals surface area contributed by atoms with Gasteiger partial charge in [0.1, 0.15) is 13.2 Å². The summed E-state index contributed by atoms with van der Waals surface area (Å²) in [7, 11) is 1.84. The van der Waals surface area contributed by atoms with Crippen LogP contribution in [0.4, 0.5) is 0 Å². The largest absolute Gasteiger partial charge is 0.486 e. The van der Waals surface area contributed by atoms with E-state index >= 15 is 0 Å². The van der Waals surface area contributed by atoms with Gasteiger partial charge in [-0.2, -0.15) is 0 Å². The van der Waals surface area contributed by atoms with E-state index in [1.54, 1.807) is 0 Å². The molecule has 1 aromatic carbocycles. The van der Waals surface area contributed by atoms with Crippen LogP contribution in [-0.2, 0) is 9.59 Å². The number of benzene rings is 1. The predicted octanol–water partition coefficient (Wildman–Crippen LogP) is 0.310. The van der Waals surface area contributed by atoms with Gasteiger partial charge < -0.3 is 25.0 Å². The van der Waals surface area contributed by atoms with Gasteiger partial charge >= 0.3 is 0 Å². The molecular weight excluding hydrogens is 346 g/mol. The second kappa shape index (κ2) is 9.60. The Morgan fingerprint density at radius 1 is 1.00 bits per heavy atom. The molecule has 0 saturated carbocycles. The fourth-order valence-electron chi connectivity index (χ4n) is 3.10. The maximum absolute atomic E-state index is 12.5. The highest BCUT2D eigenvalue weighted by molar-refractivity contribution is 5.79. The molecule has 1 aliphatic rings. The van der Waals surface area contributed by atoms with E-state index in [-0.39, 0.29) is 42.9 Å². The van der Waals surface area contributed by atoms with Crippen LogP contribution in [0.15, 0.2) is 18.2 Å². The molecule has 2 amide bonds. The quantitative estimate of drug-likeness (QED) is 0.608. The lowest BCUT2D eigenvalue weighted by molar-refractivity contribution is -0.862. The monoisotopic (exact) mass is 378 g/mol. The molecule has 7 heteroatoms. The van der Waals surface area contributed by atoms with Gasteiger partial charge in [-0.1, -0.05) is 19.9 Å². The van der Waals surface area contributed by atoms with Crippen LogP contribution in [0.2, 0.25) is 0 Å². The Bertz CT molecular complexity index is 661. The number of amides is 2. The maximum atomic E-state index is 12.5.